The number of nitrogens with zero attached hydrogens (tertiary/aromatic N) is 1. The van der Waals surface area contributed by atoms with E-state index in [4.69, 9.17) is 12.2 Å². The minimum atomic E-state index is -0.728. The average Bonchev–Trinajstić information content (AvgIpc) is 2.74. The molecule has 1 heterocycles. The number of halogens is 1. The smallest absolute Gasteiger partial charge is 0.124 e. The summed E-state index contributed by atoms with van der Waals surface area (Å²) in [7, 11) is 0. The van der Waals surface area contributed by atoms with Crippen LogP contribution in [0.1, 0.15) is 36.1 Å². The lowest BCUT2D eigenvalue weighted by atomic mass is 9.78. The Labute approximate surface area is 179 Å². The van der Waals surface area contributed by atoms with Crippen molar-refractivity contribution >= 4 is 22.9 Å². The van der Waals surface area contributed by atoms with Crippen LogP contribution >= 0.6 is 12.2 Å². The summed E-state index contributed by atoms with van der Waals surface area (Å²) in [4.78, 5) is 2.74. The number of para-hydroxylation sites is 1. The Morgan fingerprint density at radius 3 is 2.33 bits per heavy atom. The molecule has 1 saturated heterocycles. The number of anilines is 1. The van der Waals surface area contributed by atoms with E-state index in [2.05, 4.69) is 0 Å². The van der Waals surface area contributed by atoms with Crippen LogP contribution < -0.4 is 4.90 Å². The highest BCUT2D eigenvalue weighted by atomic mass is 32.1. The van der Waals surface area contributed by atoms with E-state index in [9.17, 15) is 19.7 Å². The Morgan fingerprint density at radius 2 is 1.67 bits per heavy atom. The fourth-order valence-electron chi connectivity index (χ4n) is 4.03. The first-order chi connectivity index (χ1) is 14.5. The van der Waals surface area contributed by atoms with Gasteiger partial charge in [-0.05, 0) is 54.8 Å². The predicted molar refractivity (Wildman–Crippen MR) is 118 cm³/mol. The number of benzene rings is 3. The molecular weight excluding hydrogens is 401 g/mol. The lowest BCUT2D eigenvalue weighted by Crippen LogP contribution is -2.54. The van der Waals surface area contributed by atoms with E-state index in [1.165, 1.54) is 18.2 Å². The number of hydrogen-bond donors (Lipinski definition) is 3. The van der Waals surface area contributed by atoms with Crippen LogP contribution in [0.3, 0.4) is 0 Å². The van der Waals surface area contributed by atoms with Crippen molar-refractivity contribution in [1.82, 2.24) is 0 Å². The van der Waals surface area contributed by atoms with Crippen LogP contribution in [-0.2, 0) is 0 Å². The molecule has 1 unspecified atom stereocenters. The number of aromatic hydroxyl groups is 2. The molecule has 1 fully saturated rings. The Kier molecular flexibility index (Phi) is 5.70. The van der Waals surface area contributed by atoms with Gasteiger partial charge in [0.1, 0.15) is 17.3 Å². The zero-order valence-corrected chi connectivity index (χ0v) is 17.0. The largest absolute Gasteiger partial charge is 0.508 e. The maximum atomic E-state index is 13.1. The molecule has 6 heteroatoms. The van der Waals surface area contributed by atoms with Gasteiger partial charge < -0.3 is 20.2 Å². The summed E-state index contributed by atoms with van der Waals surface area (Å²) in [6.45, 7) is 0. The fraction of sp³-hybridized carbons (Fsp3) is 0.208. The lowest BCUT2D eigenvalue weighted by Gasteiger charge is -2.50. The van der Waals surface area contributed by atoms with Crippen molar-refractivity contribution in [1.29, 1.82) is 0 Å². The summed E-state index contributed by atoms with van der Waals surface area (Å²) in [5.74, 6) is -0.404. The predicted octanol–water partition coefficient (Wildman–Crippen LogP) is 5.26. The minimum Gasteiger partial charge on any atom is -0.508 e. The van der Waals surface area contributed by atoms with Gasteiger partial charge in [-0.3, -0.25) is 0 Å². The Morgan fingerprint density at radius 1 is 0.967 bits per heavy atom. The third-order valence-electron chi connectivity index (χ3n) is 5.59. The molecule has 0 bridgehead atoms. The monoisotopic (exact) mass is 423 g/mol. The highest BCUT2D eigenvalue weighted by Gasteiger charge is 2.46. The second-order valence-corrected chi connectivity index (χ2v) is 7.90. The van der Waals surface area contributed by atoms with Gasteiger partial charge in [-0.1, -0.05) is 42.5 Å². The summed E-state index contributed by atoms with van der Waals surface area (Å²) in [6.07, 6.45) is 0.327. The molecule has 30 heavy (non-hydrogen) atoms. The van der Waals surface area contributed by atoms with Crippen LogP contribution in [0.2, 0.25) is 0 Å². The molecule has 0 aromatic heterocycles. The molecular formula is C24H22FNO3S. The number of aliphatic hydroxyl groups is 1. The second kappa shape index (κ2) is 8.42. The van der Waals surface area contributed by atoms with Crippen LogP contribution in [0.15, 0.2) is 72.8 Å². The van der Waals surface area contributed by atoms with Gasteiger partial charge in [0.25, 0.3) is 0 Å². The van der Waals surface area contributed by atoms with E-state index in [1.807, 2.05) is 35.2 Å². The minimum absolute atomic E-state index is 0.00677. The van der Waals surface area contributed by atoms with Crippen molar-refractivity contribution in [2.24, 2.45) is 5.92 Å². The van der Waals surface area contributed by atoms with Gasteiger partial charge in [0.2, 0.25) is 0 Å². The first-order valence-corrected chi connectivity index (χ1v) is 10.2. The molecule has 3 aromatic carbocycles. The second-order valence-electron chi connectivity index (χ2n) is 7.48. The normalized spacial score (nSPS) is 19.4. The Hall–Kier alpha value is -2.96. The summed E-state index contributed by atoms with van der Waals surface area (Å²) >= 11 is 5.70. The number of aliphatic hydroxyl groups excluding tert-OH is 1. The van der Waals surface area contributed by atoms with Gasteiger partial charge in [0.15, 0.2) is 0 Å². The molecule has 3 N–H and O–H groups in total. The molecule has 3 aromatic rings. The zero-order chi connectivity index (χ0) is 21.3. The molecule has 0 radical (unpaired) electrons. The highest BCUT2D eigenvalue weighted by molar-refractivity contribution is 7.80. The van der Waals surface area contributed by atoms with E-state index in [0.29, 0.717) is 24.0 Å². The van der Waals surface area contributed by atoms with E-state index in [0.717, 1.165) is 10.7 Å². The molecule has 1 aliphatic heterocycles. The van der Waals surface area contributed by atoms with Gasteiger partial charge in [-0.15, -0.1) is 0 Å². The maximum Gasteiger partial charge on any atom is 0.124 e. The molecule has 0 spiro atoms. The van der Waals surface area contributed by atoms with Crippen LogP contribution in [0.5, 0.6) is 11.5 Å². The van der Waals surface area contributed by atoms with Crippen molar-refractivity contribution in [3.63, 3.8) is 0 Å². The molecule has 4 rings (SSSR count). The van der Waals surface area contributed by atoms with Gasteiger partial charge in [0, 0.05) is 23.2 Å². The number of thiocarbonyl (C=S) groups is 1. The summed E-state index contributed by atoms with van der Waals surface area (Å²) in [5, 5.41) is 30.7. The molecule has 0 aliphatic carbocycles. The molecule has 0 amide bonds. The summed E-state index contributed by atoms with van der Waals surface area (Å²) < 4.78 is 13.1. The number of phenols is 2. The molecule has 4 nitrogen and oxygen atoms in total. The summed E-state index contributed by atoms with van der Waals surface area (Å²) in [5.41, 5.74) is 2.26. The first-order valence-electron chi connectivity index (χ1n) is 9.79. The van der Waals surface area contributed by atoms with Crippen molar-refractivity contribution in [2.45, 2.75) is 25.0 Å². The van der Waals surface area contributed by atoms with Gasteiger partial charge in [-0.2, -0.15) is 0 Å². The SMILES string of the molecule is Oc1ccc([C@@H]2[C@@H](CCC(O)c3ccc(F)cc3)C(=S)N2c2ccccc2)c(O)c1. The van der Waals surface area contributed by atoms with Gasteiger partial charge in [0.05, 0.1) is 17.1 Å². The molecule has 3 atom stereocenters. The van der Waals surface area contributed by atoms with Crippen LogP contribution in [0, 0.1) is 11.7 Å². The van der Waals surface area contributed by atoms with E-state index >= 15 is 0 Å². The number of hydrogen-bond acceptors (Lipinski definition) is 4. The molecule has 154 valence electrons. The average molecular weight is 424 g/mol. The van der Waals surface area contributed by atoms with E-state index < -0.39 is 6.10 Å². The molecule has 1 aliphatic rings. The van der Waals surface area contributed by atoms with E-state index in [1.54, 1.807) is 24.3 Å². The summed E-state index contributed by atoms with van der Waals surface area (Å²) in [6, 6.07) is 19.9. The maximum absolute atomic E-state index is 13.1. The number of phenolic OH excluding ortho intramolecular Hbond substituents is 2. The van der Waals surface area contributed by atoms with Crippen LogP contribution in [0.25, 0.3) is 0 Å². The molecule has 0 saturated carbocycles. The van der Waals surface area contributed by atoms with Crippen LogP contribution in [-0.4, -0.2) is 20.3 Å². The van der Waals surface area contributed by atoms with Crippen molar-refractivity contribution in [3.8, 4) is 11.5 Å². The topological polar surface area (TPSA) is 63.9 Å². The highest BCUT2D eigenvalue weighted by Crippen LogP contribution is 2.49. The van der Waals surface area contributed by atoms with Crippen molar-refractivity contribution in [2.75, 3.05) is 4.90 Å². The fourth-order valence-corrected chi connectivity index (χ4v) is 4.50. The van der Waals surface area contributed by atoms with Crippen LogP contribution in [0.4, 0.5) is 10.1 Å². The standard InChI is InChI=1S/C24H22FNO3S/c25-16-8-6-15(7-9-16)21(28)13-12-20-23(19-11-10-18(27)14-22(19)29)26(24(20)30)17-4-2-1-3-5-17/h1-11,14,20-21,23,27-29H,12-13H2/t20-,21?,23-/m1/s1. The third-order valence-corrected chi connectivity index (χ3v) is 6.09. The third kappa shape index (κ3) is 3.88. The first kappa shape index (κ1) is 20.3. The van der Waals surface area contributed by atoms with Gasteiger partial charge in [-0.25, -0.2) is 4.39 Å². The van der Waals surface area contributed by atoms with Crippen molar-refractivity contribution in [3.05, 3.63) is 89.7 Å². The Balaban J connectivity index is 1.58. The van der Waals surface area contributed by atoms with E-state index in [-0.39, 0.29) is 29.3 Å². The van der Waals surface area contributed by atoms with Gasteiger partial charge >= 0.3 is 0 Å². The quantitative estimate of drug-likeness (QED) is 0.472. The number of rotatable bonds is 6. The van der Waals surface area contributed by atoms with Crippen molar-refractivity contribution < 1.29 is 19.7 Å². The lowest BCUT2D eigenvalue weighted by molar-refractivity contribution is 0.157. The Bertz CT molecular complexity index is 1040. The zero-order valence-electron chi connectivity index (χ0n) is 16.1.